The van der Waals surface area contributed by atoms with E-state index < -0.39 is 0 Å². The van der Waals surface area contributed by atoms with Crippen molar-refractivity contribution in [3.05, 3.63) is 24.4 Å². The lowest BCUT2D eigenvalue weighted by Crippen LogP contribution is -2.58. The van der Waals surface area contributed by atoms with Crippen molar-refractivity contribution in [1.82, 2.24) is 14.8 Å². The smallest absolute Gasteiger partial charge is 0.237 e. The van der Waals surface area contributed by atoms with E-state index in [4.69, 9.17) is 4.74 Å². The van der Waals surface area contributed by atoms with Gasteiger partial charge in [0.05, 0.1) is 25.3 Å². The number of rotatable bonds is 3. The van der Waals surface area contributed by atoms with Crippen LogP contribution in [0.4, 0.5) is 5.82 Å². The van der Waals surface area contributed by atoms with Crippen LogP contribution in [0.15, 0.2) is 24.4 Å². The number of fused-ring (bicyclic) bond motifs is 1. The van der Waals surface area contributed by atoms with Crippen molar-refractivity contribution < 1.29 is 9.53 Å². The van der Waals surface area contributed by atoms with Crippen molar-refractivity contribution in [2.75, 3.05) is 50.8 Å². The van der Waals surface area contributed by atoms with Crippen LogP contribution in [-0.2, 0) is 9.53 Å². The molecule has 2 aliphatic heterocycles. The van der Waals surface area contributed by atoms with E-state index in [0.29, 0.717) is 19.2 Å². The zero-order chi connectivity index (χ0) is 17.1. The molecule has 0 bridgehead atoms. The molecule has 1 saturated carbocycles. The predicted molar refractivity (Wildman–Crippen MR) is 96.6 cm³/mol. The quantitative estimate of drug-likeness (QED) is 0.829. The number of piperazine rings is 1. The van der Waals surface area contributed by atoms with Crippen molar-refractivity contribution in [2.45, 2.75) is 37.8 Å². The normalized spacial score (nSPS) is 27.8. The summed E-state index contributed by atoms with van der Waals surface area (Å²) in [7, 11) is 0. The van der Waals surface area contributed by atoms with E-state index in [0.717, 1.165) is 51.4 Å². The van der Waals surface area contributed by atoms with Crippen LogP contribution in [0.2, 0.25) is 0 Å². The summed E-state index contributed by atoms with van der Waals surface area (Å²) in [6.07, 6.45) is 6.77. The summed E-state index contributed by atoms with van der Waals surface area (Å²) >= 11 is 0. The van der Waals surface area contributed by atoms with E-state index in [2.05, 4.69) is 25.8 Å². The zero-order valence-corrected chi connectivity index (χ0v) is 14.8. The zero-order valence-electron chi connectivity index (χ0n) is 14.8. The molecule has 2 atom stereocenters. The van der Waals surface area contributed by atoms with Crippen LogP contribution in [0.5, 0.6) is 0 Å². The molecule has 0 spiro atoms. The molecule has 6 heteroatoms. The number of anilines is 1. The lowest BCUT2D eigenvalue weighted by Gasteiger charge is -2.44. The number of ether oxygens (including phenoxy) is 1. The summed E-state index contributed by atoms with van der Waals surface area (Å²) in [6.45, 7) is 5.69. The highest BCUT2D eigenvalue weighted by Gasteiger charge is 2.37. The molecule has 1 aromatic heterocycles. The fourth-order valence-electron chi connectivity index (χ4n) is 4.36. The fourth-order valence-corrected chi connectivity index (χ4v) is 4.36. The van der Waals surface area contributed by atoms with E-state index in [1.165, 1.54) is 12.8 Å². The Bertz CT molecular complexity index is 572. The van der Waals surface area contributed by atoms with Crippen molar-refractivity contribution in [3.8, 4) is 0 Å². The Hall–Kier alpha value is -1.66. The molecule has 1 amide bonds. The standard InChI is InChI=1S/C19H28N4O2/c24-19(23-13-14-25-17-6-2-1-5-16(17)23)15-21-9-11-22(12-10-21)18-7-3-4-8-20-18/h3-4,7-8,16-17H,1-2,5-6,9-15H2/t16-,17-/m0/s1. The summed E-state index contributed by atoms with van der Waals surface area (Å²) < 4.78 is 5.89. The molecule has 3 fully saturated rings. The third-order valence-electron chi connectivity index (χ3n) is 5.76. The van der Waals surface area contributed by atoms with Crippen molar-refractivity contribution in [2.24, 2.45) is 0 Å². The Morgan fingerprint density at radius 1 is 1.12 bits per heavy atom. The highest BCUT2D eigenvalue weighted by atomic mass is 16.5. The predicted octanol–water partition coefficient (Wildman–Crippen LogP) is 1.37. The van der Waals surface area contributed by atoms with Crippen molar-refractivity contribution in [1.29, 1.82) is 0 Å². The molecule has 6 nitrogen and oxygen atoms in total. The average molecular weight is 344 g/mol. The topological polar surface area (TPSA) is 48.9 Å². The molecule has 2 saturated heterocycles. The van der Waals surface area contributed by atoms with Gasteiger partial charge < -0.3 is 14.5 Å². The van der Waals surface area contributed by atoms with Crippen LogP contribution in [0, 0.1) is 0 Å². The monoisotopic (exact) mass is 344 g/mol. The minimum absolute atomic E-state index is 0.271. The minimum Gasteiger partial charge on any atom is -0.374 e. The Morgan fingerprint density at radius 3 is 2.76 bits per heavy atom. The van der Waals surface area contributed by atoms with Crippen LogP contribution in [-0.4, -0.2) is 78.7 Å². The Kier molecular flexibility index (Phi) is 5.17. The van der Waals surface area contributed by atoms with Crippen LogP contribution in [0.1, 0.15) is 25.7 Å². The molecule has 3 heterocycles. The number of hydrogen-bond donors (Lipinski definition) is 0. The van der Waals surface area contributed by atoms with E-state index in [9.17, 15) is 4.79 Å². The first-order valence-corrected chi connectivity index (χ1v) is 9.61. The maximum atomic E-state index is 12.9. The molecule has 0 unspecified atom stereocenters. The van der Waals surface area contributed by atoms with Gasteiger partial charge >= 0.3 is 0 Å². The Morgan fingerprint density at radius 2 is 1.96 bits per heavy atom. The van der Waals surface area contributed by atoms with E-state index >= 15 is 0 Å². The number of amides is 1. The molecular weight excluding hydrogens is 316 g/mol. The molecule has 4 rings (SSSR count). The summed E-state index contributed by atoms with van der Waals surface area (Å²) in [5.74, 6) is 1.32. The number of nitrogens with zero attached hydrogens (tertiary/aromatic N) is 4. The second-order valence-electron chi connectivity index (χ2n) is 7.30. The first kappa shape index (κ1) is 16.8. The molecule has 25 heavy (non-hydrogen) atoms. The molecular formula is C19H28N4O2. The largest absolute Gasteiger partial charge is 0.374 e. The van der Waals surface area contributed by atoms with E-state index in [1.807, 2.05) is 18.3 Å². The van der Waals surface area contributed by atoms with Gasteiger partial charge in [-0.15, -0.1) is 0 Å². The lowest BCUT2D eigenvalue weighted by molar-refractivity contribution is -0.150. The third kappa shape index (κ3) is 3.80. The molecule has 3 aliphatic rings. The van der Waals surface area contributed by atoms with Gasteiger partial charge in [-0.3, -0.25) is 9.69 Å². The van der Waals surface area contributed by atoms with E-state index in [-0.39, 0.29) is 12.0 Å². The molecule has 1 aliphatic carbocycles. The number of carbonyl (C=O) groups excluding carboxylic acids is 1. The number of hydrogen-bond acceptors (Lipinski definition) is 5. The highest BCUT2D eigenvalue weighted by molar-refractivity contribution is 5.79. The Labute approximate surface area is 149 Å². The van der Waals surface area contributed by atoms with Gasteiger partial charge in [0, 0.05) is 38.9 Å². The first-order chi connectivity index (χ1) is 12.3. The first-order valence-electron chi connectivity index (χ1n) is 9.61. The highest BCUT2D eigenvalue weighted by Crippen LogP contribution is 2.28. The molecule has 0 radical (unpaired) electrons. The summed E-state index contributed by atoms with van der Waals surface area (Å²) in [4.78, 5) is 24.0. The fraction of sp³-hybridized carbons (Fsp3) is 0.684. The van der Waals surface area contributed by atoms with Gasteiger partial charge in [-0.05, 0) is 25.0 Å². The number of morpholine rings is 1. The molecule has 0 N–H and O–H groups in total. The lowest BCUT2D eigenvalue weighted by atomic mass is 9.90. The van der Waals surface area contributed by atoms with Gasteiger partial charge in [-0.2, -0.15) is 0 Å². The summed E-state index contributed by atoms with van der Waals surface area (Å²) in [6, 6.07) is 6.33. The van der Waals surface area contributed by atoms with Crippen LogP contribution >= 0.6 is 0 Å². The molecule has 1 aromatic rings. The van der Waals surface area contributed by atoms with E-state index in [1.54, 1.807) is 0 Å². The number of aromatic nitrogens is 1. The maximum absolute atomic E-state index is 12.9. The van der Waals surface area contributed by atoms with Crippen LogP contribution in [0.25, 0.3) is 0 Å². The maximum Gasteiger partial charge on any atom is 0.237 e. The molecule has 136 valence electrons. The minimum atomic E-state index is 0.271. The van der Waals surface area contributed by atoms with Gasteiger partial charge in [-0.25, -0.2) is 4.98 Å². The van der Waals surface area contributed by atoms with Gasteiger partial charge in [-0.1, -0.05) is 18.9 Å². The van der Waals surface area contributed by atoms with Gasteiger partial charge in [0.25, 0.3) is 0 Å². The molecule has 0 aromatic carbocycles. The second kappa shape index (κ2) is 7.70. The van der Waals surface area contributed by atoms with Crippen LogP contribution in [0.3, 0.4) is 0 Å². The summed E-state index contributed by atoms with van der Waals surface area (Å²) in [5.41, 5.74) is 0. The second-order valence-corrected chi connectivity index (χ2v) is 7.30. The number of pyridine rings is 1. The van der Waals surface area contributed by atoms with Gasteiger partial charge in [0.1, 0.15) is 5.82 Å². The van der Waals surface area contributed by atoms with Gasteiger partial charge in [0.2, 0.25) is 5.91 Å². The summed E-state index contributed by atoms with van der Waals surface area (Å²) in [5, 5.41) is 0. The SMILES string of the molecule is O=C(CN1CCN(c2ccccn2)CC1)N1CCO[C@H]2CCCC[C@@H]21. The number of carbonyl (C=O) groups is 1. The Balaban J connectivity index is 1.30. The van der Waals surface area contributed by atoms with Crippen LogP contribution < -0.4 is 4.90 Å². The van der Waals surface area contributed by atoms with Gasteiger partial charge in [0.15, 0.2) is 0 Å². The van der Waals surface area contributed by atoms with Crippen molar-refractivity contribution >= 4 is 11.7 Å². The van der Waals surface area contributed by atoms with Crippen molar-refractivity contribution in [3.63, 3.8) is 0 Å². The third-order valence-corrected chi connectivity index (χ3v) is 5.76. The average Bonchev–Trinajstić information content (AvgIpc) is 2.69.